The molecule has 0 radical (unpaired) electrons. The average Bonchev–Trinajstić information content (AvgIpc) is 2.58. The van der Waals surface area contributed by atoms with Gasteiger partial charge >= 0.3 is 6.03 Å². The van der Waals surface area contributed by atoms with Crippen LogP contribution in [0.4, 0.5) is 10.5 Å². The van der Waals surface area contributed by atoms with Crippen molar-refractivity contribution in [3.8, 4) is 17.2 Å². The van der Waals surface area contributed by atoms with Gasteiger partial charge in [0.1, 0.15) is 12.4 Å². The maximum Gasteiger partial charge on any atom is 0.319 e. The van der Waals surface area contributed by atoms with Crippen LogP contribution in [0.2, 0.25) is 0 Å². The molecule has 2 aromatic carbocycles. The Morgan fingerprint density at radius 2 is 1.88 bits per heavy atom. The molecule has 0 aliphatic carbocycles. The number of methoxy groups -OCH3 is 2. The summed E-state index contributed by atoms with van der Waals surface area (Å²) in [5.41, 5.74) is 0.609. The molecular weight excluding hydrogens is 376 g/mol. The number of hydrogen-bond acceptors (Lipinski definition) is 4. The molecule has 24 heavy (non-hydrogen) atoms. The molecule has 0 aromatic heterocycles. The van der Waals surface area contributed by atoms with Crippen molar-refractivity contribution in [1.82, 2.24) is 5.32 Å². The summed E-state index contributed by atoms with van der Waals surface area (Å²) < 4.78 is 16.8. The van der Waals surface area contributed by atoms with E-state index in [0.29, 0.717) is 30.3 Å². The van der Waals surface area contributed by atoms with Crippen LogP contribution in [0, 0.1) is 0 Å². The number of rotatable bonds is 7. The number of ether oxygens (including phenoxy) is 3. The van der Waals surface area contributed by atoms with Crippen LogP contribution >= 0.6 is 15.9 Å². The van der Waals surface area contributed by atoms with Crippen molar-refractivity contribution in [3.05, 3.63) is 46.9 Å². The van der Waals surface area contributed by atoms with Crippen LogP contribution in [-0.4, -0.2) is 33.4 Å². The first kappa shape index (κ1) is 17.9. The molecular formula is C17H19BrN2O4. The third kappa shape index (κ3) is 5.34. The highest BCUT2D eigenvalue weighted by atomic mass is 79.9. The molecule has 0 bridgehead atoms. The van der Waals surface area contributed by atoms with Gasteiger partial charge in [-0.3, -0.25) is 0 Å². The average molecular weight is 395 g/mol. The number of anilines is 1. The molecule has 0 aliphatic heterocycles. The predicted octanol–water partition coefficient (Wildman–Crippen LogP) is 3.67. The monoisotopic (exact) mass is 394 g/mol. The van der Waals surface area contributed by atoms with E-state index < -0.39 is 0 Å². The summed E-state index contributed by atoms with van der Waals surface area (Å²) in [6.45, 7) is 0.751. The fraction of sp³-hybridized carbons (Fsp3) is 0.235. The van der Waals surface area contributed by atoms with E-state index in [0.717, 1.165) is 10.2 Å². The number of carbonyl (C=O) groups excluding carboxylic acids is 1. The minimum absolute atomic E-state index is 0.319. The zero-order valence-corrected chi connectivity index (χ0v) is 15.1. The van der Waals surface area contributed by atoms with Gasteiger partial charge in [0.05, 0.1) is 20.8 Å². The van der Waals surface area contributed by atoms with Gasteiger partial charge in [-0.05, 0) is 30.3 Å². The first-order chi connectivity index (χ1) is 11.6. The van der Waals surface area contributed by atoms with E-state index in [1.807, 2.05) is 24.3 Å². The van der Waals surface area contributed by atoms with Gasteiger partial charge in [-0.2, -0.15) is 0 Å². The van der Waals surface area contributed by atoms with Gasteiger partial charge in [-0.15, -0.1) is 0 Å². The van der Waals surface area contributed by atoms with Gasteiger partial charge in [0, 0.05) is 16.2 Å². The maximum absolute atomic E-state index is 11.9. The SMILES string of the molecule is COc1ccc(NC(=O)NCCOc2cccc(Br)c2)cc1OC. The molecule has 0 atom stereocenters. The second-order valence-corrected chi connectivity index (χ2v) is 5.67. The quantitative estimate of drug-likeness (QED) is 0.702. The molecule has 2 N–H and O–H groups in total. The van der Waals surface area contributed by atoms with Crippen LogP contribution in [-0.2, 0) is 0 Å². The van der Waals surface area contributed by atoms with Crippen LogP contribution in [0.3, 0.4) is 0 Å². The van der Waals surface area contributed by atoms with Gasteiger partial charge < -0.3 is 24.8 Å². The van der Waals surface area contributed by atoms with Crippen molar-refractivity contribution in [2.75, 3.05) is 32.7 Å². The lowest BCUT2D eigenvalue weighted by Crippen LogP contribution is -2.32. The minimum atomic E-state index is -0.319. The van der Waals surface area contributed by atoms with Crippen LogP contribution in [0.25, 0.3) is 0 Å². The molecule has 0 saturated heterocycles. The molecule has 7 heteroatoms. The third-order valence-corrected chi connectivity index (χ3v) is 3.59. The first-order valence-corrected chi connectivity index (χ1v) is 8.07. The second-order valence-electron chi connectivity index (χ2n) is 4.76. The molecule has 2 aromatic rings. The standard InChI is InChI=1S/C17H19BrN2O4/c1-22-15-7-6-13(11-16(15)23-2)20-17(21)19-8-9-24-14-5-3-4-12(18)10-14/h3-7,10-11H,8-9H2,1-2H3,(H2,19,20,21). The minimum Gasteiger partial charge on any atom is -0.493 e. The van der Waals surface area contributed by atoms with Crippen molar-refractivity contribution >= 4 is 27.6 Å². The summed E-state index contributed by atoms with van der Waals surface area (Å²) in [6.07, 6.45) is 0. The molecule has 0 heterocycles. The molecule has 0 spiro atoms. The van der Waals surface area contributed by atoms with Crippen molar-refractivity contribution in [3.63, 3.8) is 0 Å². The van der Waals surface area contributed by atoms with E-state index in [9.17, 15) is 4.79 Å². The zero-order valence-electron chi connectivity index (χ0n) is 13.5. The van der Waals surface area contributed by atoms with Gasteiger partial charge in [-0.25, -0.2) is 4.79 Å². The number of hydrogen-bond donors (Lipinski definition) is 2. The summed E-state index contributed by atoms with van der Waals surface area (Å²) in [5, 5.41) is 5.45. The molecule has 6 nitrogen and oxygen atoms in total. The van der Waals surface area contributed by atoms with Crippen molar-refractivity contribution < 1.29 is 19.0 Å². The van der Waals surface area contributed by atoms with E-state index in [2.05, 4.69) is 26.6 Å². The van der Waals surface area contributed by atoms with Gasteiger partial charge in [0.2, 0.25) is 0 Å². The number of benzene rings is 2. The Bertz CT molecular complexity index is 694. The highest BCUT2D eigenvalue weighted by Gasteiger charge is 2.07. The maximum atomic E-state index is 11.9. The van der Waals surface area contributed by atoms with Crippen LogP contribution in [0.15, 0.2) is 46.9 Å². The zero-order chi connectivity index (χ0) is 17.4. The van der Waals surface area contributed by atoms with Crippen molar-refractivity contribution in [2.45, 2.75) is 0 Å². The largest absolute Gasteiger partial charge is 0.493 e. The number of urea groups is 1. The number of halogens is 1. The van der Waals surface area contributed by atoms with Crippen LogP contribution in [0.5, 0.6) is 17.2 Å². The molecule has 0 saturated carbocycles. The lowest BCUT2D eigenvalue weighted by atomic mass is 10.3. The highest BCUT2D eigenvalue weighted by Crippen LogP contribution is 2.29. The molecule has 128 valence electrons. The highest BCUT2D eigenvalue weighted by molar-refractivity contribution is 9.10. The van der Waals surface area contributed by atoms with E-state index in [-0.39, 0.29) is 6.03 Å². The Hall–Kier alpha value is -2.41. The van der Waals surface area contributed by atoms with Gasteiger partial charge in [0.15, 0.2) is 11.5 Å². The molecule has 2 amide bonds. The lowest BCUT2D eigenvalue weighted by Gasteiger charge is -2.11. The molecule has 2 rings (SSSR count). The fourth-order valence-corrected chi connectivity index (χ4v) is 2.36. The van der Waals surface area contributed by atoms with Gasteiger partial charge in [0.25, 0.3) is 0 Å². The Morgan fingerprint density at radius 1 is 1.08 bits per heavy atom. The van der Waals surface area contributed by atoms with E-state index in [1.54, 1.807) is 32.4 Å². The Labute approximate surface area is 149 Å². The smallest absolute Gasteiger partial charge is 0.319 e. The third-order valence-electron chi connectivity index (χ3n) is 3.09. The second kappa shape index (κ2) is 9.02. The fourth-order valence-electron chi connectivity index (χ4n) is 1.98. The molecule has 0 aliphatic rings. The number of nitrogens with one attached hydrogen (secondary N) is 2. The van der Waals surface area contributed by atoms with E-state index in [1.165, 1.54) is 0 Å². The lowest BCUT2D eigenvalue weighted by molar-refractivity contribution is 0.247. The van der Waals surface area contributed by atoms with Crippen LogP contribution < -0.4 is 24.8 Å². The van der Waals surface area contributed by atoms with Crippen molar-refractivity contribution in [1.29, 1.82) is 0 Å². The molecule has 0 unspecified atom stereocenters. The van der Waals surface area contributed by atoms with E-state index in [4.69, 9.17) is 14.2 Å². The van der Waals surface area contributed by atoms with Crippen molar-refractivity contribution in [2.24, 2.45) is 0 Å². The first-order valence-electron chi connectivity index (χ1n) is 7.27. The summed E-state index contributed by atoms with van der Waals surface area (Å²) >= 11 is 3.37. The van der Waals surface area contributed by atoms with E-state index >= 15 is 0 Å². The Kier molecular flexibility index (Phi) is 6.74. The van der Waals surface area contributed by atoms with Gasteiger partial charge in [-0.1, -0.05) is 22.0 Å². The summed E-state index contributed by atoms with van der Waals surface area (Å²) in [4.78, 5) is 11.9. The summed E-state index contributed by atoms with van der Waals surface area (Å²) in [5.74, 6) is 1.89. The number of amides is 2. The molecule has 0 fully saturated rings. The Morgan fingerprint density at radius 3 is 2.58 bits per heavy atom. The summed E-state index contributed by atoms with van der Waals surface area (Å²) in [6, 6.07) is 12.4. The summed E-state index contributed by atoms with van der Waals surface area (Å²) in [7, 11) is 3.10. The topological polar surface area (TPSA) is 68.8 Å². The normalized spacial score (nSPS) is 9.96. The Balaban J connectivity index is 1.77. The number of carbonyl (C=O) groups is 1. The predicted molar refractivity (Wildman–Crippen MR) is 96.2 cm³/mol. The van der Waals surface area contributed by atoms with Crippen LogP contribution in [0.1, 0.15) is 0 Å².